The quantitative estimate of drug-likeness (QED) is 0.595. The highest BCUT2D eigenvalue weighted by Gasteiger charge is 2.35. The Bertz CT molecular complexity index is 323. The molecule has 1 amide bonds. The molecule has 1 rings (SSSR count). The van der Waals surface area contributed by atoms with E-state index in [-0.39, 0.29) is 6.04 Å². The predicted octanol–water partition coefficient (Wildman–Crippen LogP) is 3.91. The smallest absolute Gasteiger partial charge is 0.404 e. The molecule has 0 heterocycles. The molecule has 21 heavy (non-hydrogen) atoms. The monoisotopic (exact) mass is 314 g/mol. The van der Waals surface area contributed by atoms with Crippen LogP contribution in [0.2, 0.25) is 25.7 Å². The van der Waals surface area contributed by atoms with Crippen molar-refractivity contribution in [1.82, 2.24) is 10.6 Å². The van der Waals surface area contributed by atoms with Gasteiger partial charge >= 0.3 is 6.09 Å². The number of hydrogen-bond acceptors (Lipinski definition) is 2. The summed E-state index contributed by atoms with van der Waals surface area (Å²) in [5, 5.41) is 14.7. The van der Waals surface area contributed by atoms with E-state index in [0.29, 0.717) is 12.0 Å². The topological polar surface area (TPSA) is 61.4 Å². The number of amides is 1. The number of hydrogen-bond donors (Lipinski definition) is 3. The lowest BCUT2D eigenvalue weighted by molar-refractivity contribution is 0.142. The van der Waals surface area contributed by atoms with Crippen LogP contribution >= 0.6 is 0 Å². The van der Waals surface area contributed by atoms with Crippen molar-refractivity contribution in [3.05, 3.63) is 0 Å². The van der Waals surface area contributed by atoms with Crippen molar-refractivity contribution >= 4 is 14.2 Å². The highest BCUT2D eigenvalue weighted by molar-refractivity contribution is 6.76. The summed E-state index contributed by atoms with van der Waals surface area (Å²) in [7, 11) is 0.932. The van der Waals surface area contributed by atoms with Gasteiger partial charge in [0.25, 0.3) is 0 Å². The molecule has 1 atom stereocenters. The molecule has 1 aliphatic rings. The summed E-state index contributed by atoms with van der Waals surface area (Å²) in [6.07, 6.45) is 8.21. The first-order valence-electron chi connectivity index (χ1n) is 8.40. The fraction of sp³-hybridized carbons (Fsp3) is 0.938. The maximum Gasteiger partial charge on any atom is 0.404 e. The van der Waals surface area contributed by atoms with Crippen LogP contribution in [-0.4, -0.2) is 38.9 Å². The molecule has 4 nitrogen and oxygen atoms in total. The van der Waals surface area contributed by atoms with E-state index in [9.17, 15) is 4.79 Å². The Morgan fingerprint density at radius 3 is 2.33 bits per heavy atom. The molecular formula is C16H34N2O2Si. The van der Waals surface area contributed by atoms with Gasteiger partial charge in [-0.15, -0.1) is 0 Å². The van der Waals surface area contributed by atoms with Crippen molar-refractivity contribution in [3.8, 4) is 0 Å². The first kappa shape index (κ1) is 18.5. The van der Waals surface area contributed by atoms with Crippen molar-refractivity contribution in [1.29, 1.82) is 0 Å². The molecule has 0 aromatic rings. The van der Waals surface area contributed by atoms with E-state index >= 15 is 0 Å². The van der Waals surface area contributed by atoms with Crippen molar-refractivity contribution in [2.45, 2.75) is 76.7 Å². The average Bonchev–Trinajstić information content (AvgIpc) is 2.42. The maximum absolute atomic E-state index is 10.7. The van der Waals surface area contributed by atoms with E-state index in [2.05, 4.69) is 30.3 Å². The van der Waals surface area contributed by atoms with Gasteiger partial charge in [-0.1, -0.05) is 44.9 Å². The molecule has 0 spiro atoms. The third-order valence-electron chi connectivity index (χ3n) is 4.91. The molecule has 0 aromatic carbocycles. The Labute approximate surface area is 131 Å². The second-order valence-corrected chi connectivity index (χ2v) is 13.6. The Morgan fingerprint density at radius 2 is 1.86 bits per heavy atom. The van der Waals surface area contributed by atoms with Crippen LogP contribution in [0.1, 0.15) is 44.9 Å². The molecule has 1 fully saturated rings. The molecule has 1 saturated carbocycles. The zero-order valence-electron chi connectivity index (χ0n) is 14.3. The average molecular weight is 315 g/mol. The molecule has 124 valence electrons. The van der Waals surface area contributed by atoms with Gasteiger partial charge in [0.1, 0.15) is 0 Å². The fourth-order valence-electron chi connectivity index (χ4n) is 3.51. The number of carboxylic acid groups (broad SMARTS) is 1. The minimum absolute atomic E-state index is 0.251. The Balaban J connectivity index is 2.64. The molecule has 1 aliphatic carbocycles. The molecule has 0 aliphatic heterocycles. The van der Waals surface area contributed by atoms with E-state index in [1.165, 1.54) is 44.6 Å². The van der Waals surface area contributed by atoms with Gasteiger partial charge in [-0.2, -0.15) is 0 Å². The van der Waals surface area contributed by atoms with Crippen LogP contribution in [0, 0.1) is 5.41 Å². The van der Waals surface area contributed by atoms with Crippen LogP contribution < -0.4 is 10.6 Å². The molecule has 5 heteroatoms. The molecule has 0 saturated heterocycles. The number of rotatable bonds is 8. The third-order valence-corrected chi connectivity index (χ3v) is 6.66. The molecule has 3 N–H and O–H groups in total. The minimum atomic E-state index is -1.02. The second kappa shape index (κ2) is 8.18. The van der Waals surface area contributed by atoms with Crippen molar-refractivity contribution in [2.24, 2.45) is 5.41 Å². The molecular weight excluding hydrogens is 280 g/mol. The number of likely N-dealkylation sites (N-methyl/N-ethyl adjacent to an activating group) is 1. The molecule has 0 radical (unpaired) electrons. The van der Waals surface area contributed by atoms with Crippen LogP contribution in [0.3, 0.4) is 0 Å². The van der Waals surface area contributed by atoms with Crippen LogP contribution in [0.5, 0.6) is 0 Å². The van der Waals surface area contributed by atoms with Crippen molar-refractivity contribution in [2.75, 3.05) is 13.6 Å². The summed E-state index contributed by atoms with van der Waals surface area (Å²) in [5.74, 6) is 0. The van der Waals surface area contributed by atoms with E-state index in [4.69, 9.17) is 5.11 Å². The molecule has 1 unspecified atom stereocenters. The standard InChI is InChI=1S/C16H34N2O2Si/c1-17-14(13-18-15(19)20)12-16(8-6-5-7-9-16)10-11-21(2,3)4/h14,17-18H,5-13H2,1-4H3,(H,19,20). The first-order chi connectivity index (χ1) is 9.76. The van der Waals surface area contributed by atoms with E-state index in [1.54, 1.807) is 0 Å². The summed E-state index contributed by atoms with van der Waals surface area (Å²) in [6.45, 7) is 7.86. The van der Waals surface area contributed by atoms with Gasteiger partial charge in [0.2, 0.25) is 0 Å². The summed E-state index contributed by atoms with van der Waals surface area (Å²) < 4.78 is 0. The van der Waals surface area contributed by atoms with Gasteiger partial charge < -0.3 is 15.7 Å². The van der Waals surface area contributed by atoms with Crippen LogP contribution in [0.25, 0.3) is 0 Å². The van der Waals surface area contributed by atoms with E-state index in [1.807, 2.05) is 7.05 Å². The first-order valence-corrected chi connectivity index (χ1v) is 12.1. The summed E-state index contributed by atoms with van der Waals surface area (Å²) in [6, 6.07) is 1.64. The maximum atomic E-state index is 10.7. The Hall–Kier alpha value is -0.553. The largest absolute Gasteiger partial charge is 0.465 e. The van der Waals surface area contributed by atoms with Gasteiger partial charge in [0.05, 0.1) is 0 Å². The van der Waals surface area contributed by atoms with Crippen molar-refractivity contribution in [3.63, 3.8) is 0 Å². The summed E-state index contributed by atoms with van der Waals surface area (Å²) in [5.41, 5.74) is 0.437. The predicted molar refractivity (Wildman–Crippen MR) is 91.8 cm³/mol. The van der Waals surface area contributed by atoms with Gasteiger partial charge in [0.15, 0.2) is 0 Å². The highest BCUT2D eigenvalue weighted by atomic mass is 28.3. The molecule has 0 aromatic heterocycles. The second-order valence-electron chi connectivity index (χ2n) is 8.00. The van der Waals surface area contributed by atoms with E-state index < -0.39 is 14.2 Å². The Kier molecular flexibility index (Phi) is 7.20. The minimum Gasteiger partial charge on any atom is -0.465 e. The van der Waals surface area contributed by atoms with Gasteiger partial charge in [-0.05, 0) is 38.1 Å². The lowest BCUT2D eigenvalue weighted by atomic mass is 9.68. The fourth-order valence-corrected chi connectivity index (χ4v) is 4.79. The summed E-state index contributed by atoms with van der Waals surface area (Å²) >= 11 is 0. The number of carbonyl (C=O) groups is 1. The Morgan fingerprint density at radius 1 is 1.24 bits per heavy atom. The van der Waals surface area contributed by atoms with Crippen LogP contribution in [0.4, 0.5) is 4.79 Å². The SMILES string of the molecule is CNC(CNC(=O)O)CC1(CC[Si](C)(C)C)CCCCC1. The highest BCUT2D eigenvalue weighted by Crippen LogP contribution is 2.45. The summed E-state index contributed by atoms with van der Waals surface area (Å²) in [4.78, 5) is 10.7. The van der Waals surface area contributed by atoms with Gasteiger partial charge in [-0.25, -0.2) is 4.79 Å². The van der Waals surface area contributed by atoms with Crippen LogP contribution in [0.15, 0.2) is 0 Å². The van der Waals surface area contributed by atoms with E-state index in [0.717, 1.165) is 6.42 Å². The van der Waals surface area contributed by atoms with Gasteiger partial charge in [0, 0.05) is 20.7 Å². The van der Waals surface area contributed by atoms with Crippen LogP contribution in [-0.2, 0) is 0 Å². The van der Waals surface area contributed by atoms with Crippen molar-refractivity contribution < 1.29 is 9.90 Å². The zero-order valence-corrected chi connectivity index (χ0v) is 15.3. The lowest BCUT2D eigenvalue weighted by Gasteiger charge is -2.41. The number of nitrogens with one attached hydrogen (secondary N) is 2. The zero-order chi connectivity index (χ0) is 15.9. The third kappa shape index (κ3) is 7.32. The van der Waals surface area contributed by atoms with Gasteiger partial charge in [-0.3, -0.25) is 0 Å². The molecule has 0 bridgehead atoms. The lowest BCUT2D eigenvalue weighted by Crippen LogP contribution is -2.43. The normalized spacial score (nSPS) is 20.0.